The highest BCUT2D eigenvalue weighted by atomic mass is 16.5. The summed E-state index contributed by atoms with van der Waals surface area (Å²) in [6.07, 6.45) is 6.08. The van der Waals surface area contributed by atoms with Crippen molar-refractivity contribution in [3.8, 4) is 11.8 Å². The first-order chi connectivity index (χ1) is 21.1. The van der Waals surface area contributed by atoms with Crippen molar-refractivity contribution in [1.29, 1.82) is 5.26 Å². The Balaban J connectivity index is 0.00000102. The predicted octanol–water partition coefficient (Wildman–Crippen LogP) is 5.47. The minimum absolute atomic E-state index is 0.0861. The molecule has 1 aromatic heterocycles. The summed E-state index contributed by atoms with van der Waals surface area (Å²) in [7, 11) is 1.32. The normalized spacial score (nSPS) is 10.5. The highest BCUT2D eigenvalue weighted by molar-refractivity contribution is 6.27. The Morgan fingerprint density at radius 2 is 1.52 bits per heavy atom. The van der Waals surface area contributed by atoms with Gasteiger partial charge in [-0.1, -0.05) is 26.7 Å². The molecule has 2 aromatic carbocycles. The number of hydrogen-bond acceptors (Lipinski definition) is 9. The number of nitrogens with zero attached hydrogens (tertiary/aromatic N) is 2. The van der Waals surface area contributed by atoms with Gasteiger partial charge in [0.25, 0.3) is 0 Å². The largest absolute Gasteiger partial charge is 0.494 e. The van der Waals surface area contributed by atoms with E-state index in [1.165, 1.54) is 32.8 Å². The van der Waals surface area contributed by atoms with Crippen molar-refractivity contribution in [2.75, 3.05) is 33.4 Å². The third-order valence-electron chi connectivity index (χ3n) is 6.74. The van der Waals surface area contributed by atoms with Crippen LogP contribution in [0, 0.1) is 11.3 Å². The molecule has 3 aromatic rings. The van der Waals surface area contributed by atoms with Gasteiger partial charge in [0, 0.05) is 23.9 Å². The predicted molar refractivity (Wildman–Crippen MR) is 163 cm³/mol. The van der Waals surface area contributed by atoms with Crippen LogP contribution in [0.2, 0.25) is 0 Å². The number of carboxylic acids is 2. The zero-order valence-corrected chi connectivity index (χ0v) is 25.5. The van der Waals surface area contributed by atoms with Gasteiger partial charge in [0.15, 0.2) is 5.78 Å². The number of nitriles is 1. The summed E-state index contributed by atoms with van der Waals surface area (Å²) in [4.78, 5) is 46.0. The summed E-state index contributed by atoms with van der Waals surface area (Å²) < 4.78 is 16.6. The SMILES string of the molecule is CCCCN(CCCC)CCCOc1ccc(C(=O)c2c(CCC(=O)OC)oc3ccc(C#N)cc23)cc1.O=C(O)C(=O)O. The fourth-order valence-electron chi connectivity index (χ4n) is 4.38. The fourth-order valence-corrected chi connectivity index (χ4v) is 4.38. The van der Waals surface area contributed by atoms with Crippen LogP contribution in [0.4, 0.5) is 0 Å². The summed E-state index contributed by atoms with van der Waals surface area (Å²) >= 11 is 0. The number of benzene rings is 2. The number of carboxylic acid groups (broad SMARTS) is 2. The number of carbonyl (C=O) groups is 4. The van der Waals surface area contributed by atoms with Crippen molar-refractivity contribution in [3.63, 3.8) is 0 Å². The second-order valence-electron chi connectivity index (χ2n) is 10.0. The quantitative estimate of drug-likeness (QED) is 0.0916. The Morgan fingerprint density at radius 1 is 0.909 bits per heavy atom. The van der Waals surface area contributed by atoms with E-state index in [0.29, 0.717) is 45.8 Å². The first-order valence-electron chi connectivity index (χ1n) is 14.6. The lowest BCUT2D eigenvalue weighted by molar-refractivity contribution is -0.159. The number of aliphatic carboxylic acids is 2. The van der Waals surface area contributed by atoms with Gasteiger partial charge in [-0.15, -0.1) is 0 Å². The second-order valence-corrected chi connectivity index (χ2v) is 10.0. The smallest absolute Gasteiger partial charge is 0.414 e. The third-order valence-corrected chi connectivity index (χ3v) is 6.74. The molecule has 3 rings (SSSR count). The van der Waals surface area contributed by atoms with Crippen LogP contribution in [0.15, 0.2) is 46.9 Å². The van der Waals surface area contributed by atoms with Crippen molar-refractivity contribution < 1.29 is 43.3 Å². The number of ketones is 1. The van der Waals surface area contributed by atoms with E-state index >= 15 is 0 Å². The van der Waals surface area contributed by atoms with Crippen LogP contribution >= 0.6 is 0 Å². The number of carbonyl (C=O) groups excluding carboxylic acids is 2. The summed E-state index contributed by atoms with van der Waals surface area (Å²) in [5, 5.41) is 24.7. The Hall–Kier alpha value is -4.69. The van der Waals surface area contributed by atoms with Gasteiger partial charge in [-0.25, -0.2) is 9.59 Å². The molecule has 0 saturated carbocycles. The highest BCUT2D eigenvalue weighted by Crippen LogP contribution is 2.30. The van der Waals surface area contributed by atoms with Crippen LogP contribution in [0.5, 0.6) is 5.75 Å². The molecule has 0 bridgehead atoms. The number of methoxy groups -OCH3 is 1. The van der Waals surface area contributed by atoms with Crippen LogP contribution in [0.1, 0.15) is 79.6 Å². The van der Waals surface area contributed by atoms with Gasteiger partial charge >= 0.3 is 17.9 Å². The van der Waals surface area contributed by atoms with Gasteiger partial charge in [0.2, 0.25) is 0 Å². The number of furan rings is 1. The average molecular weight is 609 g/mol. The second kappa shape index (κ2) is 18.8. The van der Waals surface area contributed by atoms with Crippen LogP contribution in [-0.2, 0) is 25.5 Å². The molecule has 0 spiro atoms. The van der Waals surface area contributed by atoms with E-state index in [0.717, 1.165) is 26.1 Å². The molecule has 0 aliphatic heterocycles. The summed E-state index contributed by atoms with van der Waals surface area (Å²) in [6, 6.07) is 14.2. The number of hydrogen-bond donors (Lipinski definition) is 2. The van der Waals surface area contributed by atoms with Gasteiger partial charge in [-0.3, -0.25) is 9.59 Å². The maximum Gasteiger partial charge on any atom is 0.414 e. The average Bonchev–Trinajstić information content (AvgIpc) is 3.40. The number of ether oxygens (including phenoxy) is 2. The van der Waals surface area contributed by atoms with E-state index in [-0.39, 0.29) is 24.6 Å². The van der Waals surface area contributed by atoms with Gasteiger partial charge in [-0.05, 0) is 74.8 Å². The van der Waals surface area contributed by atoms with E-state index in [4.69, 9.17) is 33.7 Å². The minimum atomic E-state index is -1.82. The molecule has 0 aliphatic carbocycles. The zero-order valence-electron chi connectivity index (χ0n) is 25.5. The first-order valence-corrected chi connectivity index (χ1v) is 14.6. The molecule has 0 amide bonds. The van der Waals surface area contributed by atoms with Gasteiger partial charge in [-0.2, -0.15) is 5.26 Å². The molecule has 0 aliphatic rings. The van der Waals surface area contributed by atoms with E-state index in [1.807, 2.05) is 0 Å². The molecule has 0 atom stereocenters. The van der Waals surface area contributed by atoms with Crippen LogP contribution < -0.4 is 4.74 Å². The van der Waals surface area contributed by atoms with Crippen molar-refractivity contribution in [2.24, 2.45) is 0 Å². The van der Waals surface area contributed by atoms with Gasteiger partial charge in [0.05, 0.1) is 37.3 Å². The number of esters is 1. The molecule has 0 unspecified atom stereocenters. The summed E-state index contributed by atoms with van der Waals surface area (Å²) in [5.74, 6) is -3.15. The van der Waals surface area contributed by atoms with Crippen LogP contribution in [0.3, 0.4) is 0 Å². The van der Waals surface area contributed by atoms with Gasteiger partial charge < -0.3 is 29.0 Å². The Bertz CT molecular complexity index is 1420. The molecule has 11 nitrogen and oxygen atoms in total. The number of unbranched alkanes of at least 4 members (excludes halogenated alkanes) is 2. The number of rotatable bonds is 16. The standard InChI is InChI=1S/C31H38N2O5.C2H2O4/c1-4-6-17-33(18-7-5-2)19-8-20-37-25-12-10-24(11-13-25)31(35)30-26-21-23(22-32)9-14-27(26)38-28(30)15-16-29(34)36-3;3-1(4)2(5)6/h9-14,21H,4-8,15-20H2,1-3H3;(H,3,4)(H,5,6). The molecular weight excluding hydrogens is 568 g/mol. The molecule has 1 heterocycles. The van der Waals surface area contributed by atoms with Crippen LogP contribution in [0.25, 0.3) is 11.0 Å². The van der Waals surface area contributed by atoms with E-state index in [2.05, 4.69) is 24.8 Å². The van der Waals surface area contributed by atoms with Crippen molar-refractivity contribution in [2.45, 2.75) is 58.8 Å². The Kier molecular flexibility index (Phi) is 15.1. The Morgan fingerprint density at radius 3 is 2.07 bits per heavy atom. The van der Waals surface area contributed by atoms with Crippen molar-refractivity contribution in [3.05, 3.63) is 64.9 Å². The first kappa shape index (κ1) is 35.5. The van der Waals surface area contributed by atoms with E-state index in [9.17, 15) is 14.9 Å². The minimum Gasteiger partial charge on any atom is -0.494 e. The van der Waals surface area contributed by atoms with Crippen molar-refractivity contribution in [1.82, 2.24) is 4.90 Å². The molecule has 44 heavy (non-hydrogen) atoms. The number of fused-ring (bicyclic) bond motifs is 1. The van der Waals surface area contributed by atoms with E-state index < -0.39 is 11.9 Å². The fraction of sp³-hybridized carbons (Fsp3) is 0.424. The molecule has 2 N–H and O–H groups in total. The van der Waals surface area contributed by atoms with Crippen molar-refractivity contribution >= 4 is 34.7 Å². The lowest BCUT2D eigenvalue weighted by atomic mass is 9.98. The maximum atomic E-state index is 13.6. The lowest BCUT2D eigenvalue weighted by Crippen LogP contribution is -2.28. The summed E-state index contributed by atoms with van der Waals surface area (Å²) in [5.41, 5.74) is 1.78. The molecule has 0 radical (unpaired) electrons. The summed E-state index contributed by atoms with van der Waals surface area (Å²) in [6.45, 7) is 8.34. The monoisotopic (exact) mass is 608 g/mol. The molecular formula is C33H40N2O9. The van der Waals surface area contributed by atoms with E-state index in [1.54, 1.807) is 42.5 Å². The molecule has 0 fully saturated rings. The molecule has 11 heteroatoms. The maximum absolute atomic E-state index is 13.6. The highest BCUT2D eigenvalue weighted by Gasteiger charge is 2.23. The zero-order chi connectivity index (χ0) is 32.5. The number of aryl methyl sites for hydroxylation is 1. The molecule has 236 valence electrons. The third kappa shape index (κ3) is 11.2. The molecule has 0 saturated heterocycles. The topological polar surface area (TPSA) is 167 Å². The Labute approximate surface area is 257 Å². The van der Waals surface area contributed by atoms with Gasteiger partial charge in [0.1, 0.15) is 17.1 Å². The van der Waals surface area contributed by atoms with Crippen LogP contribution in [-0.4, -0.2) is 72.2 Å². The lowest BCUT2D eigenvalue weighted by Gasteiger charge is -2.21.